The Morgan fingerprint density at radius 1 is 1.19 bits per heavy atom. The van der Waals surface area contributed by atoms with Gasteiger partial charge in [-0.3, -0.25) is 4.79 Å². The molecule has 1 aromatic rings. The number of halogens is 4. The van der Waals surface area contributed by atoms with E-state index < -0.39 is 15.1 Å². The Kier molecular flexibility index (Phi) is 7.39. The number of alkyl halides is 3. The highest BCUT2D eigenvalue weighted by Gasteiger charge is 2.22. The van der Waals surface area contributed by atoms with Gasteiger partial charge >= 0.3 is 6.09 Å². The number of ether oxygens (including phenoxy) is 2. The molecule has 21 heavy (non-hydrogen) atoms. The van der Waals surface area contributed by atoms with E-state index in [0.29, 0.717) is 11.3 Å². The average molecular weight is 375 g/mol. The summed E-state index contributed by atoms with van der Waals surface area (Å²) in [5, 5.41) is 1.84. The van der Waals surface area contributed by atoms with E-state index in [1.165, 1.54) is 0 Å². The fourth-order valence-electron chi connectivity index (χ4n) is 1.29. The molecule has 0 aliphatic rings. The van der Waals surface area contributed by atoms with Crippen LogP contribution in [0.25, 0.3) is 0 Å². The average Bonchev–Trinajstić information content (AvgIpc) is 2.40. The Morgan fingerprint density at radius 2 is 1.86 bits per heavy atom. The molecule has 0 heterocycles. The van der Waals surface area contributed by atoms with Crippen LogP contribution in [0.3, 0.4) is 0 Å². The zero-order valence-corrected chi connectivity index (χ0v) is 13.6. The lowest BCUT2D eigenvalue weighted by atomic mass is 10.2. The normalized spacial score (nSPS) is 10.9. The molecule has 116 valence electrons. The van der Waals surface area contributed by atoms with Crippen LogP contribution in [0.4, 0.5) is 4.79 Å². The third kappa shape index (κ3) is 8.21. The van der Waals surface area contributed by atoms with Crippen molar-refractivity contribution in [1.29, 1.82) is 0 Å². The molecule has 0 unspecified atom stereocenters. The van der Waals surface area contributed by atoms with E-state index in [1.807, 2.05) is 0 Å². The summed E-state index contributed by atoms with van der Waals surface area (Å²) in [5.41, 5.74) is 0.640. The molecule has 0 bridgehead atoms. The topological polar surface area (TPSA) is 64.6 Å². The summed E-state index contributed by atoms with van der Waals surface area (Å²) in [6, 6.07) is 6.82. The van der Waals surface area contributed by atoms with Gasteiger partial charge in [0.2, 0.25) is 3.79 Å². The maximum atomic E-state index is 11.4. The van der Waals surface area contributed by atoms with Gasteiger partial charge in [-0.1, -0.05) is 53.0 Å². The molecule has 0 spiro atoms. The maximum absolute atomic E-state index is 11.4. The molecule has 0 atom stereocenters. The number of hydrogen-bond acceptors (Lipinski definition) is 4. The van der Waals surface area contributed by atoms with Crippen molar-refractivity contribution in [1.82, 2.24) is 5.32 Å². The molecular formula is C12H11Cl4NO4. The van der Waals surface area contributed by atoms with Crippen molar-refractivity contribution in [3.05, 3.63) is 29.8 Å². The zero-order chi connectivity index (χ0) is 15.9. The number of carbonyl (C=O) groups is 2. The number of nitrogens with one attached hydrogen (secondary N) is 1. The molecule has 0 aliphatic heterocycles. The molecule has 1 amide bonds. The summed E-state index contributed by atoms with van der Waals surface area (Å²) in [7, 11) is 0. The summed E-state index contributed by atoms with van der Waals surface area (Å²) in [5.74, 6) is 0.424. The van der Waals surface area contributed by atoms with Gasteiger partial charge < -0.3 is 14.8 Å². The minimum Gasteiger partial charge on any atom is -0.484 e. The zero-order valence-electron chi connectivity index (χ0n) is 10.6. The van der Waals surface area contributed by atoms with Crippen LogP contribution in [-0.4, -0.2) is 28.3 Å². The van der Waals surface area contributed by atoms with Crippen molar-refractivity contribution >= 4 is 57.7 Å². The molecule has 0 saturated carbocycles. The molecule has 1 aromatic carbocycles. The van der Waals surface area contributed by atoms with Gasteiger partial charge in [0, 0.05) is 12.1 Å². The standard InChI is InChI=1S/C12H11Cl4NO4/c13-10(18)6-20-9-4-2-1-3-8(9)5-17-11(19)21-7-12(14,15)16/h1-4H,5-7H2,(H,17,19). The van der Waals surface area contributed by atoms with Crippen molar-refractivity contribution in [2.75, 3.05) is 13.2 Å². The third-order valence-electron chi connectivity index (χ3n) is 2.10. The first-order valence-corrected chi connectivity index (χ1v) is 7.15. The van der Waals surface area contributed by atoms with Crippen molar-refractivity contribution in [2.24, 2.45) is 0 Å². The summed E-state index contributed by atoms with van der Waals surface area (Å²) in [6.07, 6.45) is -0.746. The quantitative estimate of drug-likeness (QED) is 0.612. The van der Waals surface area contributed by atoms with E-state index in [9.17, 15) is 9.59 Å². The van der Waals surface area contributed by atoms with Gasteiger partial charge in [0.05, 0.1) is 0 Å². The Hall–Kier alpha value is -0.880. The van der Waals surface area contributed by atoms with Crippen molar-refractivity contribution < 1.29 is 19.1 Å². The smallest absolute Gasteiger partial charge is 0.407 e. The number of carbonyl (C=O) groups excluding carboxylic acids is 2. The molecule has 1 N–H and O–H groups in total. The van der Waals surface area contributed by atoms with Gasteiger partial charge in [-0.25, -0.2) is 4.79 Å². The first-order valence-electron chi connectivity index (χ1n) is 5.64. The van der Waals surface area contributed by atoms with Gasteiger partial charge in [-0.05, 0) is 17.7 Å². The second-order valence-corrected chi connectivity index (χ2v) is 6.73. The number of rotatable bonds is 6. The predicted octanol–water partition coefficient (Wildman–Crippen LogP) is 3.43. The molecule has 9 heteroatoms. The van der Waals surface area contributed by atoms with Gasteiger partial charge in [0.1, 0.15) is 12.4 Å². The Bertz CT molecular complexity index is 504. The van der Waals surface area contributed by atoms with Crippen molar-refractivity contribution in [2.45, 2.75) is 10.3 Å². The Labute approximate surface area is 141 Å². The number of benzene rings is 1. The van der Waals surface area contributed by atoms with Crippen LogP contribution in [-0.2, 0) is 16.1 Å². The fraction of sp³-hybridized carbons (Fsp3) is 0.333. The van der Waals surface area contributed by atoms with Gasteiger partial charge in [0.15, 0.2) is 6.61 Å². The van der Waals surface area contributed by atoms with E-state index in [0.717, 1.165) is 0 Å². The number of amides is 1. The minimum atomic E-state index is -1.67. The summed E-state index contributed by atoms with van der Waals surface area (Å²) >= 11 is 21.6. The number of hydrogen-bond donors (Lipinski definition) is 1. The maximum Gasteiger partial charge on any atom is 0.407 e. The summed E-state index contributed by atoms with van der Waals surface area (Å²) < 4.78 is 8.24. The van der Waals surface area contributed by atoms with E-state index in [2.05, 4.69) is 5.32 Å². The molecule has 0 fully saturated rings. The summed E-state index contributed by atoms with van der Waals surface area (Å²) in [4.78, 5) is 22.1. The first-order chi connectivity index (χ1) is 9.78. The van der Waals surface area contributed by atoms with Gasteiger partial charge in [-0.15, -0.1) is 0 Å². The van der Waals surface area contributed by atoms with E-state index in [-0.39, 0.29) is 19.8 Å². The lowest BCUT2D eigenvalue weighted by Gasteiger charge is -2.13. The highest BCUT2D eigenvalue weighted by molar-refractivity contribution is 6.67. The lowest BCUT2D eigenvalue weighted by molar-refractivity contribution is -0.113. The van der Waals surface area contributed by atoms with Crippen LogP contribution in [0.2, 0.25) is 0 Å². The molecule has 5 nitrogen and oxygen atoms in total. The van der Waals surface area contributed by atoms with Crippen LogP contribution in [0.1, 0.15) is 5.56 Å². The predicted molar refractivity (Wildman–Crippen MR) is 81.3 cm³/mol. The second-order valence-electron chi connectivity index (χ2n) is 3.80. The first kappa shape index (κ1) is 18.2. The fourth-order valence-corrected chi connectivity index (χ4v) is 1.51. The SMILES string of the molecule is O=C(Cl)COc1ccccc1CNC(=O)OCC(Cl)(Cl)Cl. The Balaban J connectivity index is 2.51. The van der Waals surface area contributed by atoms with E-state index in [1.54, 1.807) is 24.3 Å². The van der Waals surface area contributed by atoms with Crippen LogP contribution in [0.5, 0.6) is 5.75 Å². The number of para-hydroxylation sites is 1. The molecule has 1 rings (SSSR count). The van der Waals surface area contributed by atoms with Crippen molar-refractivity contribution in [3.63, 3.8) is 0 Å². The van der Waals surface area contributed by atoms with Gasteiger partial charge in [-0.2, -0.15) is 0 Å². The second kappa shape index (κ2) is 8.54. The van der Waals surface area contributed by atoms with Crippen molar-refractivity contribution in [3.8, 4) is 5.75 Å². The van der Waals surface area contributed by atoms with Crippen LogP contribution in [0, 0.1) is 0 Å². The van der Waals surface area contributed by atoms with Crippen LogP contribution < -0.4 is 10.1 Å². The summed E-state index contributed by atoms with van der Waals surface area (Å²) in [6.45, 7) is -0.524. The molecule has 0 aliphatic carbocycles. The molecule has 0 radical (unpaired) electrons. The third-order valence-corrected chi connectivity index (χ3v) is 2.54. The van der Waals surface area contributed by atoms with E-state index in [4.69, 9.17) is 55.9 Å². The molecular weight excluding hydrogens is 364 g/mol. The molecule has 0 aromatic heterocycles. The van der Waals surface area contributed by atoms with Crippen LogP contribution >= 0.6 is 46.4 Å². The highest BCUT2D eigenvalue weighted by atomic mass is 35.6. The largest absolute Gasteiger partial charge is 0.484 e. The molecule has 0 saturated heterocycles. The number of alkyl carbamates (subject to hydrolysis) is 1. The van der Waals surface area contributed by atoms with E-state index >= 15 is 0 Å². The van der Waals surface area contributed by atoms with Gasteiger partial charge in [0.25, 0.3) is 5.24 Å². The monoisotopic (exact) mass is 373 g/mol. The lowest BCUT2D eigenvalue weighted by Crippen LogP contribution is -2.27. The Morgan fingerprint density at radius 3 is 2.48 bits per heavy atom. The highest BCUT2D eigenvalue weighted by Crippen LogP contribution is 2.25. The van der Waals surface area contributed by atoms with Crippen LogP contribution in [0.15, 0.2) is 24.3 Å². The minimum absolute atomic E-state index is 0.116.